The summed E-state index contributed by atoms with van der Waals surface area (Å²) in [6, 6.07) is 16.0. The number of carbonyl (C=O) groups excluding carboxylic acids is 2. The SMILES string of the molecule is CCOC(=O)c1ccc(N/C=C(/C#N)C(=O)NCCc2ccc(OC)cc2)cc1. The van der Waals surface area contributed by atoms with E-state index in [4.69, 9.17) is 9.47 Å². The predicted octanol–water partition coefficient (Wildman–Crippen LogP) is 3.05. The standard InChI is InChI=1S/C22H23N3O4/c1-3-29-22(27)17-6-8-19(9-7-17)25-15-18(14-23)21(26)24-13-12-16-4-10-20(28-2)11-5-16/h4-11,15,25H,3,12-13H2,1-2H3,(H,24,26)/b18-15-. The first-order valence-corrected chi connectivity index (χ1v) is 9.12. The third-order valence-electron chi connectivity index (χ3n) is 4.00. The van der Waals surface area contributed by atoms with Gasteiger partial charge in [-0.25, -0.2) is 4.79 Å². The average molecular weight is 393 g/mol. The zero-order valence-electron chi connectivity index (χ0n) is 16.4. The van der Waals surface area contributed by atoms with Crippen LogP contribution in [0.3, 0.4) is 0 Å². The maximum absolute atomic E-state index is 12.2. The summed E-state index contributed by atoms with van der Waals surface area (Å²) in [6.45, 7) is 2.45. The van der Waals surface area contributed by atoms with Gasteiger partial charge >= 0.3 is 5.97 Å². The Balaban J connectivity index is 1.87. The molecule has 150 valence electrons. The average Bonchev–Trinajstić information content (AvgIpc) is 2.75. The van der Waals surface area contributed by atoms with Crippen molar-refractivity contribution in [1.82, 2.24) is 5.32 Å². The van der Waals surface area contributed by atoms with Crippen molar-refractivity contribution in [2.24, 2.45) is 0 Å². The molecule has 0 spiro atoms. The van der Waals surface area contributed by atoms with E-state index in [1.165, 1.54) is 6.20 Å². The van der Waals surface area contributed by atoms with Gasteiger partial charge in [-0.2, -0.15) is 5.26 Å². The van der Waals surface area contributed by atoms with Crippen molar-refractivity contribution in [1.29, 1.82) is 5.26 Å². The molecule has 0 aliphatic heterocycles. The summed E-state index contributed by atoms with van der Waals surface area (Å²) in [5.74, 6) is -0.0888. The number of methoxy groups -OCH3 is 1. The number of nitrogens with one attached hydrogen (secondary N) is 2. The van der Waals surface area contributed by atoms with Crippen LogP contribution in [0.15, 0.2) is 60.3 Å². The van der Waals surface area contributed by atoms with Gasteiger partial charge in [-0.3, -0.25) is 4.79 Å². The highest BCUT2D eigenvalue weighted by atomic mass is 16.5. The van der Waals surface area contributed by atoms with Crippen molar-refractivity contribution in [2.75, 3.05) is 25.6 Å². The van der Waals surface area contributed by atoms with Crippen LogP contribution in [0.25, 0.3) is 0 Å². The molecule has 0 saturated carbocycles. The van der Waals surface area contributed by atoms with Gasteiger partial charge in [0.15, 0.2) is 0 Å². The van der Waals surface area contributed by atoms with Crippen LogP contribution in [0.4, 0.5) is 5.69 Å². The molecule has 0 fully saturated rings. The van der Waals surface area contributed by atoms with E-state index < -0.39 is 11.9 Å². The van der Waals surface area contributed by atoms with E-state index in [1.54, 1.807) is 38.3 Å². The number of ether oxygens (including phenoxy) is 2. The molecule has 0 aliphatic rings. The normalized spacial score (nSPS) is 10.6. The van der Waals surface area contributed by atoms with Crippen molar-refractivity contribution in [2.45, 2.75) is 13.3 Å². The topological polar surface area (TPSA) is 100 Å². The van der Waals surface area contributed by atoms with E-state index in [9.17, 15) is 14.9 Å². The van der Waals surface area contributed by atoms with Crippen LogP contribution in [0, 0.1) is 11.3 Å². The van der Waals surface area contributed by atoms with Crippen LogP contribution < -0.4 is 15.4 Å². The maximum atomic E-state index is 12.2. The van der Waals surface area contributed by atoms with Crippen LogP contribution >= 0.6 is 0 Å². The van der Waals surface area contributed by atoms with Gasteiger partial charge in [0.05, 0.1) is 19.3 Å². The first kappa shape index (κ1) is 21.5. The third kappa shape index (κ3) is 6.70. The van der Waals surface area contributed by atoms with E-state index in [-0.39, 0.29) is 5.57 Å². The van der Waals surface area contributed by atoms with E-state index >= 15 is 0 Å². The fourth-order valence-electron chi connectivity index (χ4n) is 2.43. The van der Waals surface area contributed by atoms with E-state index in [1.807, 2.05) is 30.3 Å². The van der Waals surface area contributed by atoms with Crippen molar-refractivity contribution in [3.63, 3.8) is 0 Å². The lowest BCUT2D eigenvalue weighted by molar-refractivity contribution is -0.117. The van der Waals surface area contributed by atoms with Crippen molar-refractivity contribution in [3.05, 3.63) is 71.4 Å². The number of nitrogens with zero attached hydrogens (tertiary/aromatic N) is 1. The number of benzene rings is 2. The molecule has 0 radical (unpaired) electrons. The van der Waals surface area contributed by atoms with Gasteiger partial charge in [-0.15, -0.1) is 0 Å². The molecule has 2 N–H and O–H groups in total. The molecule has 0 aliphatic carbocycles. The molecule has 7 nitrogen and oxygen atoms in total. The number of esters is 1. The molecular formula is C22H23N3O4. The number of anilines is 1. The van der Waals surface area contributed by atoms with Crippen molar-refractivity contribution < 1.29 is 19.1 Å². The lowest BCUT2D eigenvalue weighted by Crippen LogP contribution is -2.27. The zero-order valence-corrected chi connectivity index (χ0v) is 16.4. The van der Waals surface area contributed by atoms with Crippen LogP contribution in [0.5, 0.6) is 5.75 Å². The summed E-state index contributed by atoms with van der Waals surface area (Å²) < 4.78 is 10.0. The zero-order chi connectivity index (χ0) is 21.1. The van der Waals surface area contributed by atoms with Crippen LogP contribution in [0.1, 0.15) is 22.8 Å². The van der Waals surface area contributed by atoms with Gasteiger partial charge in [0, 0.05) is 18.4 Å². The first-order valence-electron chi connectivity index (χ1n) is 9.12. The third-order valence-corrected chi connectivity index (χ3v) is 4.00. The molecule has 0 unspecified atom stereocenters. The van der Waals surface area contributed by atoms with E-state index in [2.05, 4.69) is 10.6 Å². The Morgan fingerprint density at radius 2 is 1.79 bits per heavy atom. The lowest BCUT2D eigenvalue weighted by Gasteiger charge is -2.07. The maximum Gasteiger partial charge on any atom is 0.338 e. The predicted molar refractivity (Wildman–Crippen MR) is 109 cm³/mol. The van der Waals surface area contributed by atoms with Gasteiger partial charge < -0.3 is 20.1 Å². The van der Waals surface area contributed by atoms with Gasteiger partial charge in [-0.05, 0) is 55.3 Å². The Kier molecular flexibility index (Phi) is 8.27. The van der Waals surface area contributed by atoms with Crippen molar-refractivity contribution in [3.8, 4) is 11.8 Å². The van der Waals surface area contributed by atoms with E-state index in [0.29, 0.717) is 30.8 Å². The number of rotatable bonds is 9. The molecule has 0 heterocycles. The monoisotopic (exact) mass is 393 g/mol. The highest BCUT2D eigenvalue weighted by Crippen LogP contribution is 2.12. The summed E-state index contributed by atoms with van der Waals surface area (Å²) in [5.41, 5.74) is 2.07. The van der Waals surface area contributed by atoms with E-state index in [0.717, 1.165) is 11.3 Å². The van der Waals surface area contributed by atoms with Gasteiger partial charge in [-0.1, -0.05) is 12.1 Å². The fraction of sp³-hybridized carbons (Fsp3) is 0.227. The number of nitriles is 1. The van der Waals surface area contributed by atoms with Crippen molar-refractivity contribution >= 4 is 17.6 Å². The lowest BCUT2D eigenvalue weighted by atomic mass is 10.1. The molecule has 2 aromatic rings. The molecular weight excluding hydrogens is 370 g/mol. The molecule has 1 amide bonds. The molecule has 2 rings (SSSR count). The smallest absolute Gasteiger partial charge is 0.338 e. The minimum absolute atomic E-state index is 0.0470. The summed E-state index contributed by atoms with van der Waals surface area (Å²) >= 11 is 0. The quantitative estimate of drug-likeness (QED) is 0.386. The minimum atomic E-state index is -0.461. The second-order valence-corrected chi connectivity index (χ2v) is 5.97. The largest absolute Gasteiger partial charge is 0.497 e. The van der Waals surface area contributed by atoms with Crippen LogP contribution in [0.2, 0.25) is 0 Å². The molecule has 0 bridgehead atoms. The summed E-state index contributed by atoms with van der Waals surface area (Å²) in [7, 11) is 1.60. The summed E-state index contributed by atoms with van der Waals surface area (Å²) in [6.07, 6.45) is 1.97. The Labute approximate surface area is 169 Å². The number of carbonyl (C=O) groups is 2. The molecule has 29 heavy (non-hydrogen) atoms. The summed E-state index contributed by atoms with van der Waals surface area (Å²) in [4.78, 5) is 23.8. The molecule has 7 heteroatoms. The highest BCUT2D eigenvalue weighted by Gasteiger charge is 2.09. The van der Waals surface area contributed by atoms with Gasteiger partial charge in [0.2, 0.25) is 0 Å². The second-order valence-electron chi connectivity index (χ2n) is 5.97. The Bertz CT molecular complexity index is 897. The van der Waals surface area contributed by atoms with Gasteiger partial charge in [0.25, 0.3) is 5.91 Å². The minimum Gasteiger partial charge on any atom is -0.497 e. The molecule has 0 atom stereocenters. The number of amides is 1. The molecule has 2 aromatic carbocycles. The molecule has 0 aromatic heterocycles. The first-order chi connectivity index (χ1) is 14.1. The Morgan fingerprint density at radius 3 is 2.38 bits per heavy atom. The Hall–Kier alpha value is -3.79. The summed E-state index contributed by atoms with van der Waals surface area (Å²) in [5, 5.41) is 14.8. The van der Waals surface area contributed by atoms with Crippen LogP contribution in [-0.4, -0.2) is 32.1 Å². The Morgan fingerprint density at radius 1 is 1.10 bits per heavy atom. The van der Waals surface area contributed by atoms with Crippen LogP contribution in [-0.2, 0) is 16.0 Å². The second kappa shape index (κ2) is 11.1. The highest BCUT2D eigenvalue weighted by molar-refractivity contribution is 5.97. The van der Waals surface area contributed by atoms with Gasteiger partial charge in [0.1, 0.15) is 17.4 Å². The number of hydrogen-bond donors (Lipinski definition) is 2. The molecule has 0 saturated heterocycles. The number of hydrogen-bond acceptors (Lipinski definition) is 6. The fourth-order valence-corrected chi connectivity index (χ4v) is 2.43.